The van der Waals surface area contributed by atoms with Crippen molar-refractivity contribution < 1.29 is 24.2 Å². The van der Waals surface area contributed by atoms with Crippen LogP contribution in [0.5, 0.6) is 0 Å². The number of carboxylic acids is 1. The van der Waals surface area contributed by atoms with Gasteiger partial charge in [-0.2, -0.15) is 0 Å². The summed E-state index contributed by atoms with van der Waals surface area (Å²) >= 11 is 0. The molecule has 7 heteroatoms. The first-order valence-corrected chi connectivity index (χ1v) is 4.90. The Labute approximate surface area is 93.2 Å². The first-order chi connectivity index (χ1) is 7.47. The fourth-order valence-corrected chi connectivity index (χ4v) is 0.821. The molecule has 0 bridgehead atoms. The van der Waals surface area contributed by atoms with Crippen LogP contribution in [0, 0.1) is 0 Å². The predicted molar refractivity (Wildman–Crippen MR) is 54.9 cm³/mol. The van der Waals surface area contributed by atoms with E-state index < -0.39 is 24.0 Å². The van der Waals surface area contributed by atoms with Crippen LogP contribution < -0.4 is 10.6 Å². The van der Waals surface area contributed by atoms with Crippen LogP contribution in [0.3, 0.4) is 0 Å². The maximum absolute atomic E-state index is 11.1. The minimum absolute atomic E-state index is 0.0582. The predicted octanol–water partition coefficient (Wildman–Crippen LogP) is -0.288. The Morgan fingerprint density at radius 1 is 1.38 bits per heavy atom. The van der Waals surface area contributed by atoms with E-state index in [-0.39, 0.29) is 13.0 Å². The van der Waals surface area contributed by atoms with Crippen molar-refractivity contribution in [3.63, 3.8) is 0 Å². The Hall–Kier alpha value is -1.79. The number of carbonyl (C=O) groups excluding carboxylic acids is 2. The van der Waals surface area contributed by atoms with Gasteiger partial charge in [0, 0.05) is 6.54 Å². The second kappa shape index (κ2) is 7.49. The Morgan fingerprint density at radius 2 is 2.00 bits per heavy atom. The Kier molecular flexibility index (Phi) is 6.66. The molecule has 0 fully saturated rings. The van der Waals surface area contributed by atoms with Crippen LogP contribution in [0.25, 0.3) is 0 Å². The minimum Gasteiger partial charge on any atom is -0.480 e. The molecule has 16 heavy (non-hydrogen) atoms. The number of esters is 1. The van der Waals surface area contributed by atoms with Gasteiger partial charge in [-0.3, -0.25) is 9.59 Å². The molecule has 0 aliphatic heterocycles. The largest absolute Gasteiger partial charge is 0.480 e. The van der Waals surface area contributed by atoms with E-state index in [4.69, 9.17) is 5.11 Å². The van der Waals surface area contributed by atoms with E-state index >= 15 is 0 Å². The summed E-state index contributed by atoms with van der Waals surface area (Å²) in [6, 6.07) is -1.60. The highest BCUT2D eigenvalue weighted by molar-refractivity contribution is 5.82. The highest BCUT2D eigenvalue weighted by Crippen LogP contribution is 1.85. The summed E-state index contributed by atoms with van der Waals surface area (Å²) < 4.78 is 4.64. The molecule has 0 saturated heterocycles. The molecule has 0 aromatic heterocycles. The first kappa shape index (κ1) is 14.2. The van der Waals surface area contributed by atoms with Gasteiger partial charge in [0.05, 0.1) is 13.0 Å². The topological polar surface area (TPSA) is 105 Å². The molecule has 0 aliphatic carbocycles. The average molecular weight is 232 g/mol. The Bertz CT molecular complexity index is 267. The zero-order valence-electron chi connectivity index (χ0n) is 9.28. The molecule has 7 nitrogen and oxygen atoms in total. The van der Waals surface area contributed by atoms with Gasteiger partial charge in [-0.25, -0.2) is 4.79 Å². The summed E-state index contributed by atoms with van der Waals surface area (Å²) in [7, 11) is 0. The maximum Gasteiger partial charge on any atom is 0.325 e. The number of urea groups is 1. The van der Waals surface area contributed by atoms with E-state index in [9.17, 15) is 14.4 Å². The van der Waals surface area contributed by atoms with Crippen LogP contribution in [0.4, 0.5) is 4.79 Å². The third-order valence-corrected chi connectivity index (χ3v) is 1.64. The molecular formula is C9H16N2O5. The van der Waals surface area contributed by atoms with Crippen LogP contribution in [0.2, 0.25) is 0 Å². The number of aliphatic carboxylic acids is 1. The van der Waals surface area contributed by atoms with Crippen molar-refractivity contribution in [1.29, 1.82) is 0 Å². The lowest BCUT2D eigenvalue weighted by Crippen LogP contribution is -2.44. The number of hydrogen-bond donors (Lipinski definition) is 3. The zero-order chi connectivity index (χ0) is 12.6. The van der Waals surface area contributed by atoms with Gasteiger partial charge >= 0.3 is 18.0 Å². The number of rotatable bonds is 6. The van der Waals surface area contributed by atoms with Gasteiger partial charge in [0.15, 0.2) is 0 Å². The molecule has 0 spiro atoms. The van der Waals surface area contributed by atoms with E-state index in [1.54, 1.807) is 6.92 Å². The number of nitrogens with one attached hydrogen (secondary N) is 2. The fourth-order valence-electron chi connectivity index (χ4n) is 0.821. The van der Waals surface area contributed by atoms with Crippen LogP contribution >= 0.6 is 0 Å². The Morgan fingerprint density at radius 3 is 2.50 bits per heavy atom. The van der Waals surface area contributed by atoms with E-state index in [0.717, 1.165) is 0 Å². The van der Waals surface area contributed by atoms with Crippen molar-refractivity contribution in [3.8, 4) is 0 Å². The lowest BCUT2D eigenvalue weighted by atomic mass is 10.3. The zero-order valence-corrected chi connectivity index (χ0v) is 9.28. The smallest absolute Gasteiger partial charge is 0.325 e. The van der Waals surface area contributed by atoms with E-state index in [1.807, 2.05) is 0 Å². The molecule has 0 saturated carbocycles. The summed E-state index contributed by atoms with van der Waals surface area (Å²) in [6.45, 7) is 3.43. The summed E-state index contributed by atoms with van der Waals surface area (Å²) in [4.78, 5) is 32.3. The molecule has 0 radical (unpaired) electrons. The van der Waals surface area contributed by atoms with Gasteiger partial charge in [0.2, 0.25) is 0 Å². The number of amides is 2. The summed E-state index contributed by atoms with van der Waals surface area (Å²) in [5.41, 5.74) is 0. The van der Waals surface area contributed by atoms with Crippen LogP contribution in [-0.4, -0.2) is 42.3 Å². The highest BCUT2D eigenvalue weighted by Gasteiger charge is 2.13. The molecule has 2 amide bonds. The third-order valence-electron chi connectivity index (χ3n) is 1.64. The van der Waals surface area contributed by atoms with E-state index in [2.05, 4.69) is 15.4 Å². The first-order valence-electron chi connectivity index (χ1n) is 4.90. The van der Waals surface area contributed by atoms with E-state index in [1.165, 1.54) is 6.92 Å². The molecule has 92 valence electrons. The second-order valence-electron chi connectivity index (χ2n) is 3.02. The molecule has 3 N–H and O–H groups in total. The second-order valence-corrected chi connectivity index (χ2v) is 3.02. The van der Waals surface area contributed by atoms with Crippen LogP contribution in [-0.2, 0) is 14.3 Å². The fraction of sp³-hybridized carbons (Fsp3) is 0.667. The van der Waals surface area contributed by atoms with Gasteiger partial charge < -0.3 is 20.5 Å². The number of carbonyl (C=O) groups is 3. The quantitative estimate of drug-likeness (QED) is 0.546. The summed E-state index contributed by atoms with van der Waals surface area (Å²) in [5.74, 6) is -1.53. The standard InChI is InChI=1S/C9H16N2O5/c1-3-16-7(12)4-5-10-9(15)11-6(2)8(13)14/h6H,3-5H2,1-2H3,(H,13,14)(H2,10,11,15)/t6-/m0/s1. The van der Waals surface area contributed by atoms with Gasteiger partial charge in [0.1, 0.15) is 6.04 Å². The normalized spacial score (nSPS) is 11.4. The van der Waals surface area contributed by atoms with Crippen LogP contribution in [0.15, 0.2) is 0 Å². The molecule has 0 aromatic rings. The van der Waals surface area contributed by atoms with Gasteiger partial charge in [-0.15, -0.1) is 0 Å². The number of carboxylic acid groups (broad SMARTS) is 1. The molecular weight excluding hydrogens is 216 g/mol. The van der Waals surface area contributed by atoms with E-state index in [0.29, 0.717) is 6.61 Å². The summed E-state index contributed by atoms with van der Waals surface area (Å²) in [6.07, 6.45) is 0.0582. The molecule has 0 rings (SSSR count). The molecule has 0 unspecified atom stereocenters. The van der Waals surface area contributed by atoms with Crippen molar-refractivity contribution in [3.05, 3.63) is 0 Å². The van der Waals surface area contributed by atoms with Gasteiger partial charge in [-0.05, 0) is 13.8 Å². The average Bonchev–Trinajstić information content (AvgIpc) is 2.17. The van der Waals surface area contributed by atoms with Crippen LogP contribution in [0.1, 0.15) is 20.3 Å². The van der Waals surface area contributed by atoms with Crippen molar-refractivity contribution >= 4 is 18.0 Å². The van der Waals surface area contributed by atoms with Crippen molar-refractivity contribution in [1.82, 2.24) is 10.6 Å². The van der Waals surface area contributed by atoms with Gasteiger partial charge in [-0.1, -0.05) is 0 Å². The third kappa shape index (κ3) is 6.63. The van der Waals surface area contributed by atoms with Gasteiger partial charge in [0.25, 0.3) is 0 Å². The molecule has 1 atom stereocenters. The highest BCUT2D eigenvalue weighted by atomic mass is 16.5. The van der Waals surface area contributed by atoms with Crippen molar-refractivity contribution in [2.75, 3.05) is 13.2 Å². The molecule has 0 heterocycles. The van der Waals surface area contributed by atoms with Crippen molar-refractivity contribution in [2.24, 2.45) is 0 Å². The summed E-state index contributed by atoms with van der Waals surface area (Å²) in [5, 5.41) is 13.0. The molecule has 0 aromatic carbocycles. The van der Waals surface area contributed by atoms with Crippen molar-refractivity contribution in [2.45, 2.75) is 26.3 Å². The number of hydrogen-bond acceptors (Lipinski definition) is 4. The maximum atomic E-state index is 11.1. The lowest BCUT2D eigenvalue weighted by molar-refractivity contribution is -0.143. The number of ether oxygens (including phenoxy) is 1. The monoisotopic (exact) mass is 232 g/mol. The molecule has 0 aliphatic rings. The minimum atomic E-state index is -1.12. The Balaban J connectivity index is 3.66. The lowest BCUT2D eigenvalue weighted by Gasteiger charge is -2.10. The SMILES string of the molecule is CCOC(=O)CCNC(=O)N[C@@H](C)C(=O)O.